The van der Waals surface area contributed by atoms with Crippen molar-refractivity contribution in [3.05, 3.63) is 28.9 Å². The highest BCUT2D eigenvalue weighted by Gasteiger charge is 2.24. The number of aromatic nitrogens is 3. The maximum atomic E-state index is 4.98. The van der Waals surface area contributed by atoms with E-state index >= 15 is 0 Å². The summed E-state index contributed by atoms with van der Waals surface area (Å²) in [7, 11) is 0. The molecular weight excluding hydrogens is 376 g/mol. The molecule has 0 spiro atoms. The molecule has 0 aliphatic heterocycles. The molecule has 3 aromatic rings. The van der Waals surface area contributed by atoms with E-state index in [-0.39, 0.29) is 0 Å². The molecule has 1 N–H and O–H groups in total. The zero-order valence-corrected chi connectivity index (χ0v) is 16.5. The molecule has 0 amide bonds. The van der Waals surface area contributed by atoms with Crippen molar-refractivity contribution in [2.75, 3.05) is 11.9 Å². The van der Waals surface area contributed by atoms with Crippen LogP contribution in [-0.2, 0) is 0 Å². The molecule has 1 saturated carbocycles. The van der Waals surface area contributed by atoms with Crippen LogP contribution in [0.25, 0.3) is 21.9 Å². The Bertz CT molecular complexity index is 895. The summed E-state index contributed by atoms with van der Waals surface area (Å²) < 4.78 is 3.23. The van der Waals surface area contributed by atoms with Gasteiger partial charge in [-0.2, -0.15) is 5.10 Å². The molecule has 132 valence electrons. The Hall–Kier alpha value is -1.62. The van der Waals surface area contributed by atoms with E-state index in [9.17, 15) is 0 Å². The van der Waals surface area contributed by atoms with Crippen LogP contribution in [0.5, 0.6) is 0 Å². The fraction of sp³-hybridized carbons (Fsp3) is 0.500. The molecule has 1 aliphatic carbocycles. The van der Waals surface area contributed by atoms with Crippen molar-refractivity contribution in [1.29, 1.82) is 0 Å². The molecule has 1 atom stereocenters. The predicted octanol–water partition coefficient (Wildman–Crippen LogP) is 5.92. The first-order chi connectivity index (χ1) is 12.2. The van der Waals surface area contributed by atoms with Crippen molar-refractivity contribution in [1.82, 2.24) is 14.8 Å². The zero-order chi connectivity index (χ0) is 17.4. The Morgan fingerprint density at radius 1 is 1.24 bits per heavy atom. The SMILES string of the molecule is CCNc1c2cc(Br)ccc2nc2c1cnn2[C@@H](C)C1CCCCC1. The van der Waals surface area contributed by atoms with E-state index in [2.05, 4.69) is 58.0 Å². The van der Waals surface area contributed by atoms with E-state index in [1.54, 1.807) is 0 Å². The number of halogens is 1. The average molecular weight is 401 g/mol. The summed E-state index contributed by atoms with van der Waals surface area (Å²) in [5, 5.41) is 10.6. The van der Waals surface area contributed by atoms with Crippen LogP contribution in [0.1, 0.15) is 52.0 Å². The van der Waals surface area contributed by atoms with Gasteiger partial charge in [-0.15, -0.1) is 0 Å². The Labute approximate surface area is 157 Å². The van der Waals surface area contributed by atoms with Crippen LogP contribution in [0.15, 0.2) is 28.9 Å². The van der Waals surface area contributed by atoms with Gasteiger partial charge in [-0.05, 0) is 50.8 Å². The summed E-state index contributed by atoms with van der Waals surface area (Å²) >= 11 is 3.59. The van der Waals surface area contributed by atoms with Gasteiger partial charge in [0, 0.05) is 16.4 Å². The van der Waals surface area contributed by atoms with Gasteiger partial charge in [-0.1, -0.05) is 35.2 Å². The minimum absolute atomic E-state index is 0.396. The standard InChI is InChI=1S/C20H25BrN4/c1-3-22-19-16-11-15(21)9-10-18(16)24-20-17(19)12-23-25(20)13(2)14-7-5-4-6-8-14/h9-14H,3-8H2,1-2H3,(H,22,24)/t13-/m0/s1. The van der Waals surface area contributed by atoms with E-state index in [4.69, 9.17) is 10.1 Å². The lowest BCUT2D eigenvalue weighted by molar-refractivity contribution is 0.254. The minimum Gasteiger partial charge on any atom is -0.384 e. The number of pyridine rings is 1. The van der Waals surface area contributed by atoms with Crippen molar-refractivity contribution < 1.29 is 0 Å². The molecule has 1 aliphatic rings. The number of hydrogen-bond acceptors (Lipinski definition) is 3. The Kier molecular flexibility index (Phi) is 4.67. The van der Waals surface area contributed by atoms with Crippen molar-refractivity contribution in [2.24, 2.45) is 5.92 Å². The van der Waals surface area contributed by atoms with Gasteiger partial charge in [0.2, 0.25) is 0 Å². The fourth-order valence-corrected chi connectivity index (χ4v) is 4.55. The summed E-state index contributed by atoms with van der Waals surface area (Å²) in [5.74, 6) is 0.710. The summed E-state index contributed by atoms with van der Waals surface area (Å²) in [6, 6.07) is 6.68. The van der Waals surface area contributed by atoms with E-state index < -0.39 is 0 Å². The third-order valence-corrected chi connectivity index (χ3v) is 6.06. The average Bonchev–Trinajstić information content (AvgIpc) is 3.06. The van der Waals surface area contributed by atoms with E-state index in [1.165, 1.54) is 32.1 Å². The quantitative estimate of drug-likeness (QED) is 0.590. The molecule has 0 unspecified atom stereocenters. The third-order valence-electron chi connectivity index (χ3n) is 5.56. The van der Waals surface area contributed by atoms with Crippen LogP contribution in [0, 0.1) is 5.92 Å². The summed E-state index contributed by atoms with van der Waals surface area (Å²) in [6.07, 6.45) is 8.68. The summed E-state index contributed by atoms with van der Waals surface area (Å²) in [5.41, 5.74) is 3.17. The van der Waals surface area contributed by atoms with E-state index in [1.807, 2.05) is 6.20 Å². The first-order valence-corrected chi connectivity index (χ1v) is 10.2. The molecule has 5 heteroatoms. The predicted molar refractivity (Wildman–Crippen MR) is 108 cm³/mol. The van der Waals surface area contributed by atoms with Crippen LogP contribution in [0.4, 0.5) is 5.69 Å². The first-order valence-electron chi connectivity index (χ1n) is 9.39. The second-order valence-corrected chi connectivity index (χ2v) is 8.06. The van der Waals surface area contributed by atoms with Crippen molar-refractivity contribution in [2.45, 2.75) is 52.0 Å². The largest absolute Gasteiger partial charge is 0.384 e. The number of benzene rings is 1. The smallest absolute Gasteiger partial charge is 0.160 e. The lowest BCUT2D eigenvalue weighted by Crippen LogP contribution is -2.20. The van der Waals surface area contributed by atoms with Crippen LogP contribution in [-0.4, -0.2) is 21.3 Å². The normalized spacial score (nSPS) is 17.2. The molecule has 0 bridgehead atoms. The molecule has 2 aromatic heterocycles. The lowest BCUT2D eigenvalue weighted by Gasteiger charge is -2.28. The van der Waals surface area contributed by atoms with Crippen LogP contribution in [0.2, 0.25) is 0 Å². The highest BCUT2D eigenvalue weighted by Crippen LogP contribution is 2.37. The number of fused-ring (bicyclic) bond motifs is 2. The zero-order valence-electron chi connectivity index (χ0n) is 14.9. The third kappa shape index (κ3) is 3.03. The second kappa shape index (κ2) is 6.94. The van der Waals surface area contributed by atoms with Crippen LogP contribution >= 0.6 is 15.9 Å². The van der Waals surface area contributed by atoms with Gasteiger partial charge in [0.05, 0.1) is 28.8 Å². The minimum atomic E-state index is 0.396. The van der Waals surface area contributed by atoms with E-state index in [0.29, 0.717) is 12.0 Å². The number of rotatable bonds is 4. The molecular formula is C20H25BrN4. The summed E-state index contributed by atoms with van der Waals surface area (Å²) in [4.78, 5) is 4.98. The monoisotopic (exact) mass is 400 g/mol. The maximum Gasteiger partial charge on any atom is 0.160 e. The molecule has 1 aromatic carbocycles. The Morgan fingerprint density at radius 3 is 2.80 bits per heavy atom. The maximum absolute atomic E-state index is 4.98. The number of nitrogens with zero attached hydrogens (tertiary/aromatic N) is 3. The molecule has 2 heterocycles. The Balaban J connectivity index is 1.87. The van der Waals surface area contributed by atoms with Gasteiger partial charge in [-0.25, -0.2) is 9.67 Å². The molecule has 1 fully saturated rings. The number of nitrogens with one attached hydrogen (secondary N) is 1. The van der Waals surface area contributed by atoms with Crippen LogP contribution in [0.3, 0.4) is 0 Å². The molecule has 0 saturated heterocycles. The van der Waals surface area contributed by atoms with Crippen LogP contribution < -0.4 is 5.32 Å². The fourth-order valence-electron chi connectivity index (χ4n) is 4.19. The molecule has 0 radical (unpaired) electrons. The topological polar surface area (TPSA) is 42.7 Å². The van der Waals surface area contributed by atoms with Crippen molar-refractivity contribution in [3.8, 4) is 0 Å². The van der Waals surface area contributed by atoms with Crippen molar-refractivity contribution >= 4 is 43.6 Å². The first kappa shape index (κ1) is 16.8. The van der Waals surface area contributed by atoms with Gasteiger partial charge in [-0.3, -0.25) is 0 Å². The molecule has 4 nitrogen and oxygen atoms in total. The Morgan fingerprint density at radius 2 is 2.04 bits per heavy atom. The van der Waals surface area contributed by atoms with Gasteiger partial charge in [0.1, 0.15) is 0 Å². The molecule has 25 heavy (non-hydrogen) atoms. The van der Waals surface area contributed by atoms with Gasteiger partial charge < -0.3 is 5.32 Å². The molecule has 4 rings (SSSR count). The van der Waals surface area contributed by atoms with Gasteiger partial charge in [0.25, 0.3) is 0 Å². The number of anilines is 1. The van der Waals surface area contributed by atoms with E-state index in [0.717, 1.165) is 38.6 Å². The van der Waals surface area contributed by atoms with Crippen molar-refractivity contribution in [3.63, 3.8) is 0 Å². The number of hydrogen-bond donors (Lipinski definition) is 1. The van der Waals surface area contributed by atoms with Gasteiger partial charge >= 0.3 is 0 Å². The highest BCUT2D eigenvalue weighted by atomic mass is 79.9. The lowest BCUT2D eigenvalue weighted by atomic mass is 9.84. The summed E-state index contributed by atoms with van der Waals surface area (Å²) in [6.45, 7) is 5.32. The highest BCUT2D eigenvalue weighted by molar-refractivity contribution is 9.10. The second-order valence-electron chi connectivity index (χ2n) is 7.14. The van der Waals surface area contributed by atoms with Gasteiger partial charge in [0.15, 0.2) is 5.65 Å².